The molecule has 0 aromatic rings. The fraction of sp³-hybridized carbons (Fsp3) is 0.400. The van der Waals surface area contributed by atoms with E-state index in [1.54, 1.807) is 0 Å². The van der Waals surface area contributed by atoms with Gasteiger partial charge in [0.1, 0.15) is 0 Å². The van der Waals surface area contributed by atoms with Crippen LogP contribution in [-0.4, -0.2) is 36.1 Å². The van der Waals surface area contributed by atoms with Gasteiger partial charge < -0.3 is 15.6 Å². The summed E-state index contributed by atoms with van der Waals surface area (Å²) in [6.07, 6.45) is 2.07. The van der Waals surface area contributed by atoms with Gasteiger partial charge in [0, 0.05) is 6.04 Å². The van der Waals surface area contributed by atoms with Gasteiger partial charge >= 0.3 is 29.6 Å². The van der Waals surface area contributed by atoms with Gasteiger partial charge in [-0.25, -0.2) is 8.42 Å². The molecule has 7 nitrogen and oxygen atoms in total. The van der Waals surface area contributed by atoms with Crippen LogP contribution in [-0.2, 0) is 19.7 Å². The van der Waals surface area contributed by atoms with Crippen molar-refractivity contribution in [3.8, 4) is 0 Å². The van der Waals surface area contributed by atoms with Crippen LogP contribution in [0.3, 0.4) is 0 Å². The molecule has 0 aliphatic rings. The molecule has 2 unspecified atom stereocenters. The Morgan fingerprint density at radius 2 is 1.63 bits per heavy atom. The topological polar surface area (TPSA) is 129 Å². The predicted octanol–water partition coefficient (Wildman–Crippen LogP) is -3.73. The summed E-state index contributed by atoms with van der Waals surface area (Å²) in [6, 6.07) is -0.715. The van der Waals surface area contributed by atoms with E-state index in [9.17, 15) is 22.6 Å². The number of carbonyl (C=O) groups excluding carboxylic acids is 2. The fourth-order valence-corrected chi connectivity index (χ4v) is 1.22. The molecular weight excluding hydrogens is 283 g/mol. The second-order valence-corrected chi connectivity index (χ2v) is 5.03. The van der Waals surface area contributed by atoms with Crippen molar-refractivity contribution in [3.05, 3.63) is 25.3 Å². The molecule has 0 aliphatic carbocycles. The standard InChI is InChI=1S/C7H13NO4S.C3H5NO.Na/c1-4-7(9)8-5(2)6(3)13(10,11)12;1-2-3(4)5;/h4-6H,1H2,2-3H3,(H,8,9)(H,10,11,12);2H,1H2,(H2,4,5);/q;;+1/p-1. The summed E-state index contributed by atoms with van der Waals surface area (Å²) < 4.78 is 31.5. The zero-order valence-electron chi connectivity index (χ0n) is 11.3. The average molecular weight is 300 g/mol. The maximum absolute atomic E-state index is 10.7. The SMILES string of the molecule is C=CC(=O)NC(C)C(C)S(=O)(=O)[O-].C=CC(N)=O.[Na+]. The molecule has 0 saturated heterocycles. The summed E-state index contributed by atoms with van der Waals surface area (Å²) in [5, 5.41) is 1.16. The van der Waals surface area contributed by atoms with Crippen LogP contribution in [0.1, 0.15) is 13.8 Å². The molecule has 3 N–H and O–H groups in total. The molecule has 0 bridgehead atoms. The van der Waals surface area contributed by atoms with Crippen LogP contribution >= 0.6 is 0 Å². The number of amides is 2. The van der Waals surface area contributed by atoms with Crippen molar-refractivity contribution in [1.82, 2.24) is 5.32 Å². The van der Waals surface area contributed by atoms with Crippen LogP contribution in [0.2, 0.25) is 0 Å². The Morgan fingerprint density at radius 1 is 1.26 bits per heavy atom. The molecule has 0 saturated carbocycles. The molecule has 0 aromatic carbocycles. The first-order valence-corrected chi connectivity index (χ1v) is 6.32. The van der Waals surface area contributed by atoms with Gasteiger partial charge in [-0.15, -0.1) is 0 Å². The van der Waals surface area contributed by atoms with Gasteiger partial charge in [-0.1, -0.05) is 13.2 Å². The van der Waals surface area contributed by atoms with Gasteiger partial charge in [0.25, 0.3) is 0 Å². The molecule has 0 spiro atoms. The minimum Gasteiger partial charge on any atom is -0.748 e. The van der Waals surface area contributed by atoms with E-state index in [2.05, 4.69) is 24.2 Å². The number of hydrogen-bond acceptors (Lipinski definition) is 5. The summed E-state index contributed by atoms with van der Waals surface area (Å²) in [5.41, 5.74) is 4.53. The maximum Gasteiger partial charge on any atom is 1.00 e. The van der Waals surface area contributed by atoms with Gasteiger partial charge in [-0.3, -0.25) is 9.59 Å². The van der Waals surface area contributed by atoms with Crippen LogP contribution in [0.25, 0.3) is 0 Å². The molecule has 0 radical (unpaired) electrons. The zero-order chi connectivity index (χ0) is 14.9. The second-order valence-electron chi connectivity index (χ2n) is 3.31. The Kier molecular flexibility index (Phi) is 13.8. The summed E-state index contributed by atoms with van der Waals surface area (Å²) in [7, 11) is -4.35. The Labute approximate surface area is 135 Å². The maximum atomic E-state index is 10.7. The van der Waals surface area contributed by atoms with Crippen LogP contribution in [0.4, 0.5) is 0 Å². The third kappa shape index (κ3) is 13.6. The molecule has 104 valence electrons. The third-order valence-electron chi connectivity index (χ3n) is 1.92. The number of nitrogens with two attached hydrogens (primary N) is 1. The number of primary amides is 1. The number of hydrogen-bond donors (Lipinski definition) is 2. The van der Waals surface area contributed by atoms with Crippen molar-refractivity contribution in [3.63, 3.8) is 0 Å². The average Bonchev–Trinajstić information content (AvgIpc) is 2.27. The molecule has 2 amide bonds. The van der Waals surface area contributed by atoms with Crippen LogP contribution in [0.5, 0.6) is 0 Å². The zero-order valence-corrected chi connectivity index (χ0v) is 14.1. The monoisotopic (exact) mass is 300 g/mol. The quantitative estimate of drug-likeness (QED) is 0.306. The predicted molar refractivity (Wildman–Crippen MR) is 66.4 cm³/mol. The molecule has 9 heteroatoms. The van der Waals surface area contributed by atoms with E-state index < -0.39 is 33.2 Å². The second kappa shape index (κ2) is 11.2. The van der Waals surface area contributed by atoms with Gasteiger partial charge in [-0.2, -0.15) is 0 Å². The first-order chi connectivity index (χ1) is 8.06. The van der Waals surface area contributed by atoms with E-state index in [1.165, 1.54) is 13.8 Å². The number of carbonyl (C=O) groups is 2. The summed E-state index contributed by atoms with van der Waals surface area (Å²) in [5.74, 6) is -0.979. The van der Waals surface area contributed by atoms with E-state index in [-0.39, 0.29) is 29.6 Å². The van der Waals surface area contributed by atoms with E-state index in [1.807, 2.05) is 0 Å². The molecule has 0 rings (SSSR count). The van der Waals surface area contributed by atoms with Crippen molar-refractivity contribution in [2.75, 3.05) is 0 Å². The first-order valence-electron chi connectivity index (χ1n) is 4.85. The van der Waals surface area contributed by atoms with Crippen LogP contribution in [0.15, 0.2) is 25.3 Å². The van der Waals surface area contributed by atoms with Crippen LogP contribution < -0.4 is 40.6 Å². The van der Waals surface area contributed by atoms with E-state index in [0.29, 0.717) is 0 Å². The van der Waals surface area contributed by atoms with Gasteiger partial charge in [0.2, 0.25) is 11.8 Å². The number of nitrogens with one attached hydrogen (secondary N) is 1. The Morgan fingerprint density at radius 3 is 1.84 bits per heavy atom. The third-order valence-corrected chi connectivity index (χ3v) is 3.23. The molecule has 2 atom stereocenters. The smallest absolute Gasteiger partial charge is 0.748 e. The molecule has 0 heterocycles. The minimum absolute atomic E-state index is 0. The van der Waals surface area contributed by atoms with Gasteiger partial charge in [-0.05, 0) is 26.0 Å². The Bertz CT molecular complexity index is 422. The molecular formula is C10H17N2NaO5S. The molecule has 0 aromatic heterocycles. The van der Waals surface area contributed by atoms with Crippen molar-refractivity contribution >= 4 is 21.9 Å². The summed E-state index contributed by atoms with van der Waals surface area (Å²) >= 11 is 0. The minimum atomic E-state index is -4.35. The molecule has 0 fully saturated rings. The summed E-state index contributed by atoms with van der Waals surface area (Å²) in [4.78, 5) is 20.2. The van der Waals surface area contributed by atoms with Gasteiger partial charge in [0.15, 0.2) is 0 Å². The first kappa shape index (κ1) is 23.4. The van der Waals surface area contributed by atoms with Crippen molar-refractivity contribution in [2.45, 2.75) is 25.1 Å². The molecule has 0 aliphatic heterocycles. The molecule has 19 heavy (non-hydrogen) atoms. The van der Waals surface area contributed by atoms with Crippen molar-refractivity contribution < 1.29 is 52.1 Å². The van der Waals surface area contributed by atoms with Crippen LogP contribution in [0, 0.1) is 0 Å². The van der Waals surface area contributed by atoms with Crippen molar-refractivity contribution in [2.24, 2.45) is 5.73 Å². The Balaban J connectivity index is -0.000000366. The normalized spacial score (nSPS) is 12.6. The number of rotatable bonds is 5. The summed E-state index contributed by atoms with van der Waals surface area (Å²) in [6.45, 7) is 8.97. The Hall–Kier alpha value is -0.670. The van der Waals surface area contributed by atoms with E-state index in [4.69, 9.17) is 0 Å². The fourth-order valence-electron chi connectivity index (χ4n) is 0.651. The van der Waals surface area contributed by atoms with Crippen molar-refractivity contribution in [1.29, 1.82) is 0 Å². The largest absolute Gasteiger partial charge is 1.00 e. The van der Waals surface area contributed by atoms with E-state index >= 15 is 0 Å². The van der Waals surface area contributed by atoms with Gasteiger partial charge in [0.05, 0.1) is 15.4 Å². The van der Waals surface area contributed by atoms with E-state index in [0.717, 1.165) is 12.2 Å².